The summed E-state index contributed by atoms with van der Waals surface area (Å²) in [5.74, 6) is 0.598. The molecule has 3 heterocycles. The zero-order chi connectivity index (χ0) is 35.9. The molecule has 0 unspecified atom stereocenters. The second kappa shape index (κ2) is 11.7. The highest BCUT2D eigenvalue weighted by Crippen LogP contribution is 2.48. The van der Waals surface area contributed by atoms with Crippen LogP contribution in [0.2, 0.25) is 0 Å². The van der Waals surface area contributed by atoms with Gasteiger partial charge in [0.25, 0.3) is 0 Å². The van der Waals surface area contributed by atoms with Gasteiger partial charge in [0.2, 0.25) is 0 Å². The van der Waals surface area contributed by atoms with Crippen LogP contribution in [-0.2, 0) is 24.9 Å². The fourth-order valence-electron chi connectivity index (χ4n) is 7.73. The van der Waals surface area contributed by atoms with Gasteiger partial charge < -0.3 is 19.3 Å². The molecular formula is C45H47N3O2. The van der Waals surface area contributed by atoms with Gasteiger partial charge in [0.05, 0.1) is 22.8 Å². The molecule has 0 aliphatic carbocycles. The van der Waals surface area contributed by atoms with Gasteiger partial charge in [0.15, 0.2) is 0 Å². The Bertz CT molecular complexity index is 2460. The summed E-state index contributed by atoms with van der Waals surface area (Å²) in [5.41, 5.74) is 13.1. The summed E-state index contributed by atoms with van der Waals surface area (Å²) in [7, 11) is 4.16. The predicted octanol–water partition coefficient (Wildman–Crippen LogP) is 11.4. The summed E-state index contributed by atoms with van der Waals surface area (Å²) in [6, 6.07) is 31.3. The van der Waals surface area contributed by atoms with Crippen molar-refractivity contribution in [3.63, 3.8) is 0 Å². The second-order valence-corrected chi connectivity index (χ2v) is 15.9. The third-order valence-electron chi connectivity index (χ3n) is 10.2. The number of pyridine rings is 1. The fraction of sp³-hybridized carbons (Fsp3) is 0.267. The highest BCUT2D eigenvalue weighted by molar-refractivity contribution is 6.07. The maximum atomic E-state index is 11.9. The first-order valence-corrected chi connectivity index (χ1v) is 17.4. The Labute approximate surface area is 295 Å². The van der Waals surface area contributed by atoms with E-state index in [1.807, 2.05) is 6.07 Å². The van der Waals surface area contributed by atoms with Gasteiger partial charge in [-0.3, -0.25) is 0 Å². The van der Waals surface area contributed by atoms with Crippen LogP contribution in [0.15, 0.2) is 91.0 Å². The van der Waals surface area contributed by atoms with Gasteiger partial charge in [-0.25, -0.2) is 4.98 Å². The molecule has 254 valence electrons. The summed E-state index contributed by atoms with van der Waals surface area (Å²) in [6.45, 7) is 17.0. The molecule has 50 heavy (non-hydrogen) atoms. The highest BCUT2D eigenvalue weighted by atomic mass is 16.3. The maximum Gasteiger partial charge on any atom is 0.128 e. The van der Waals surface area contributed by atoms with E-state index in [0.717, 1.165) is 89.1 Å². The number of para-hydroxylation sites is 2. The molecule has 7 aromatic rings. The Hall–Kier alpha value is -5.29. The van der Waals surface area contributed by atoms with Crippen molar-refractivity contribution < 1.29 is 10.2 Å². The zero-order valence-corrected chi connectivity index (χ0v) is 30.9. The molecule has 2 N–H and O–H groups in total. The number of hydrogen-bond acceptors (Lipinski definition) is 3. The van der Waals surface area contributed by atoms with Gasteiger partial charge in [-0.2, -0.15) is 0 Å². The van der Waals surface area contributed by atoms with E-state index in [9.17, 15) is 10.2 Å². The minimum Gasteiger partial charge on any atom is -0.508 e. The van der Waals surface area contributed by atoms with E-state index >= 15 is 0 Å². The van der Waals surface area contributed by atoms with E-state index in [0.29, 0.717) is 11.5 Å². The van der Waals surface area contributed by atoms with Crippen LogP contribution in [0.25, 0.3) is 66.8 Å². The van der Waals surface area contributed by atoms with Crippen LogP contribution in [0.4, 0.5) is 0 Å². The van der Waals surface area contributed by atoms with Crippen LogP contribution in [0.1, 0.15) is 63.8 Å². The molecule has 0 aliphatic rings. The lowest BCUT2D eigenvalue weighted by Crippen LogP contribution is -2.12. The Balaban J connectivity index is 1.53. The van der Waals surface area contributed by atoms with Crippen molar-refractivity contribution in [2.45, 2.75) is 66.2 Å². The number of benzene rings is 4. The summed E-state index contributed by atoms with van der Waals surface area (Å²) in [6.07, 6.45) is 0. The first-order valence-electron chi connectivity index (χ1n) is 17.4. The lowest BCUT2D eigenvalue weighted by molar-refractivity contribution is 0.446. The van der Waals surface area contributed by atoms with Crippen LogP contribution in [-0.4, -0.2) is 24.3 Å². The van der Waals surface area contributed by atoms with Gasteiger partial charge in [-0.15, -0.1) is 0 Å². The van der Waals surface area contributed by atoms with Crippen molar-refractivity contribution in [1.82, 2.24) is 14.1 Å². The van der Waals surface area contributed by atoms with E-state index in [2.05, 4.69) is 164 Å². The van der Waals surface area contributed by atoms with E-state index < -0.39 is 0 Å². The predicted molar refractivity (Wildman–Crippen MR) is 209 cm³/mol. The lowest BCUT2D eigenvalue weighted by atomic mass is 9.83. The molecule has 0 atom stereocenters. The lowest BCUT2D eigenvalue weighted by Gasteiger charge is -2.23. The monoisotopic (exact) mass is 661 g/mol. The van der Waals surface area contributed by atoms with Crippen molar-refractivity contribution in [2.24, 2.45) is 14.1 Å². The molecule has 0 saturated heterocycles. The van der Waals surface area contributed by atoms with Crippen LogP contribution < -0.4 is 0 Å². The van der Waals surface area contributed by atoms with E-state index in [1.54, 1.807) is 0 Å². The van der Waals surface area contributed by atoms with E-state index in [4.69, 9.17) is 4.98 Å². The molecule has 7 rings (SSSR count). The second-order valence-electron chi connectivity index (χ2n) is 15.9. The van der Waals surface area contributed by atoms with Crippen LogP contribution in [0.5, 0.6) is 11.5 Å². The first kappa shape index (κ1) is 33.2. The fourth-order valence-corrected chi connectivity index (χ4v) is 7.73. The number of rotatable bonds is 4. The number of nitrogens with zero attached hydrogens (tertiary/aromatic N) is 3. The molecule has 4 aromatic carbocycles. The number of aryl methyl sites for hydroxylation is 4. The number of aromatic hydroxyl groups is 2. The highest BCUT2D eigenvalue weighted by Gasteiger charge is 2.28. The Morgan fingerprint density at radius 2 is 1.06 bits per heavy atom. The minimum atomic E-state index is -0.240. The molecule has 5 heteroatoms. The molecule has 0 saturated carbocycles. The van der Waals surface area contributed by atoms with Gasteiger partial charge in [0, 0.05) is 63.7 Å². The number of aromatic nitrogens is 3. The van der Waals surface area contributed by atoms with Crippen molar-refractivity contribution >= 4 is 21.8 Å². The summed E-state index contributed by atoms with van der Waals surface area (Å²) in [4.78, 5) is 5.47. The largest absolute Gasteiger partial charge is 0.508 e. The average molecular weight is 662 g/mol. The van der Waals surface area contributed by atoms with Crippen molar-refractivity contribution in [3.05, 3.63) is 113 Å². The van der Waals surface area contributed by atoms with Gasteiger partial charge in [0.1, 0.15) is 11.5 Å². The Kier molecular flexibility index (Phi) is 7.74. The van der Waals surface area contributed by atoms with Crippen LogP contribution in [0, 0.1) is 13.8 Å². The molecule has 0 amide bonds. The summed E-state index contributed by atoms with van der Waals surface area (Å²) in [5, 5.41) is 25.4. The molecule has 0 spiro atoms. The topological polar surface area (TPSA) is 63.2 Å². The molecular weight excluding hydrogens is 615 g/mol. The average Bonchev–Trinajstić information content (AvgIpc) is 3.52. The number of phenolic OH excluding ortho intramolecular Hbond substituents is 2. The van der Waals surface area contributed by atoms with Crippen LogP contribution >= 0.6 is 0 Å². The Morgan fingerprint density at radius 3 is 1.58 bits per heavy atom. The van der Waals surface area contributed by atoms with Gasteiger partial charge >= 0.3 is 0 Å². The molecule has 0 aliphatic heterocycles. The van der Waals surface area contributed by atoms with Crippen LogP contribution in [0.3, 0.4) is 0 Å². The third-order valence-corrected chi connectivity index (χ3v) is 10.2. The maximum absolute atomic E-state index is 11.9. The molecule has 0 radical (unpaired) electrons. The van der Waals surface area contributed by atoms with Crippen molar-refractivity contribution in [3.8, 4) is 56.5 Å². The zero-order valence-electron chi connectivity index (χ0n) is 30.9. The van der Waals surface area contributed by atoms with Crippen molar-refractivity contribution in [2.75, 3.05) is 0 Å². The van der Waals surface area contributed by atoms with Gasteiger partial charge in [-0.05, 0) is 77.8 Å². The number of phenols is 2. The van der Waals surface area contributed by atoms with E-state index in [-0.39, 0.29) is 10.8 Å². The number of fused-ring (bicyclic) bond motifs is 2. The molecule has 5 nitrogen and oxygen atoms in total. The summed E-state index contributed by atoms with van der Waals surface area (Å²) >= 11 is 0. The number of hydrogen-bond donors (Lipinski definition) is 2. The Morgan fingerprint density at radius 1 is 0.560 bits per heavy atom. The minimum absolute atomic E-state index is 0.194. The smallest absolute Gasteiger partial charge is 0.128 e. The standard InChI is InChI=1S/C45H47N3O2/c1-26-22-31(43(50)33(23-26)45(6,7)8)42-40(29-17-12-14-21-37(29)48(42)10)35-19-15-18-34(46-35)39-28-16-11-13-20-36(28)47(9)41(39)30-25-38(49)32(24-27(30)2)44(3,4)5/h11-25,49-50H,1-10H3. The van der Waals surface area contributed by atoms with Gasteiger partial charge in [-0.1, -0.05) is 96.1 Å². The van der Waals surface area contributed by atoms with Crippen molar-refractivity contribution in [1.29, 1.82) is 0 Å². The SMILES string of the molecule is Cc1cc(-c2c(-c3cccc(-c4c(-c5cc(O)c(C(C)(C)C)cc5C)n(C)c5ccccc45)n3)c3ccccc3n2C)c(O)c(C(C)(C)C)c1. The normalized spacial score (nSPS) is 12.4. The molecule has 0 fully saturated rings. The first-order chi connectivity index (χ1) is 23.6. The summed E-state index contributed by atoms with van der Waals surface area (Å²) < 4.78 is 4.41. The molecule has 0 bridgehead atoms. The third kappa shape index (κ3) is 5.27. The van der Waals surface area contributed by atoms with E-state index in [1.165, 1.54) is 0 Å². The quantitative estimate of drug-likeness (QED) is 0.197. The molecule has 3 aromatic heterocycles.